The molecular formula is C12H16N2O4. The van der Waals surface area contributed by atoms with Crippen molar-refractivity contribution in [3.63, 3.8) is 0 Å². The fourth-order valence-corrected chi connectivity index (χ4v) is 1.37. The fraction of sp³-hybridized carbons (Fsp3) is 0.417. The van der Waals surface area contributed by atoms with Gasteiger partial charge in [-0.05, 0) is 19.2 Å². The number of rotatable bonds is 5. The molecule has 0 aliphatic rings. The van der Waals surface area contributed by atoms with Crippen molar-refractivity contribution in [3.8, 4) is 0 Å². The lowest BCUT2D eigenvalue weighted by Crippen LogP contribution is -2.26. The lowest BCUT2D eigenvalue weighted by atomic mass is 10.2. The summed E-state index contributed by atoms with van der Waals surface area (Å²) in [5, 5.41) is 0. The van der Waals surface area contributed by atoms with Crippen molar-refractivity contribution in [2.75, 3.05) is 27.8 Å². The highest BCUT2D eigenvalue weighted by atomic mass is 16.5. The Morgan fingerprint density at radius 3 is 2.50 bits per heavy atom. The quantitative estimate of drug-likeness (QED) is 0.710. The predicted molar refractivity (Wildman–Crippen MR) is 63.9 cm³/mol. The minimum Gasteiger partial charge on any atom is -0.468 e. The number of hydrogen-bond donors (Lipinski definition) is 0. The predicted octanol–water partition coefficient (Wildman–Crippen LogP) is 0.473. The first kappa shape index (κ1) is 14.1. The van der Waals surface area contributed by atoms with Gasteiger partial charge in [0.05, 0.1) is 32.0 Å². The summed E-state index contributed by atoms with van der Waals surface area (Å²) in [6.07, 6.45) is 1.45. The van der Waals surface area contributed by atoms with E-state index in [-0.39, 0.29) is 12.5 Å². The molecule has 1 aromatic rings. The van der Waals surface area contributed by atoms with E-state index in [0.29, 0.717) is 12.1 Å². The highest BCUT2D eigenvalue weighted by Gasteiger charge is 2.09. The van der Waals surface area contributed by atoms with Crippen LogP contribution in [0.3, 0.4) is 0 Å². The van der Waals surface area contributed by atoms with Crippen LogP contribution in [-0.4, -0.2) is 49.6 Å². The van der Waals surface area contributed by atoms with E-state index in [2.05, 4.69) is 14.5 Å². The Labute approximate surface area is 106 Å². The molecule has 1 aromatic heterocycles. The smallest absolute Gasteiger partial charge is 0.339 e. The minimum atomic E-state index is -0.419. The molecule has 0 N–H and O–H groups in total. The van der Waals surface area contributed by atoms with E-state index in [1.165, 1.54) is 20.4 Å². The van der Waals surface area contributed by atoms with Gasteiger partial charge in [-0.2, -0.15) is 0 Å². The van der Waals surface area contributed by atoms with Gasteiger partial charge in [-0.25, -0.2) is 4.79 Å². The number of carbonyl (C=O) groups excluding carboxylic acids is 2. The van der Waals surface area contributed by atoms with E-state index in [4.69, 9.17) is 0 Å². The summed E-state index contributed by atoms with van der Waals surface area (Å²) in [6.45, 7) is 0.688. The number of methoxy groups -OCH3 is 2. The molecule has 0 aromatic carbocycles. The summed E-state index contributed by atoms with van der Waals surface area (Å²) >= 11 is 0. The molecule has 0 saturated carbocycles. The average Bonchev–Trinajstić information content (AvgIpc) is 2.38. The van der Waals surface area contributed by atoms with Gasteiger partial charge in [-0.15, -0.1) is 0 Å². The Hall–Kier alpha value is -1.95. The molecule has 18 heavy (non-hydrogen) atoms. The van der Waals surface area contributed by atoms with Crippen LogP contribution in [0.15, 0.2) is 18.3 Å². The molecule has 0 radical (unpaired) electrons. The van der Waals surface area contributed by atoms with E-state index in [0.717, 1.165) is 5.69 Å². The molecule has 0 unspecified atom stereocenters. The third kappa shape index (κ3) is 4.14. The second-order valence-corrected chi connectivity index (χ2v) is 3.78. The lowest BCUT2D eigenvalue weighted by molar-refractivity contribution is -0.141. The maximum atomic E-state index is 11.2. The van der Waals surface area contributed by atoms with E-state index in [9.17, 15) is 9.59 Å². The van der Waals surface area contributed by atoms with Crippen molar-refractivity contribution in [1.29, 1.82) is 0 Å². The highest BCUT2D eigenvalue weighted by molar-refractivity contribution is 5.88. The van der Waals surface area contributed by atoms with Gasteiger partial charge in [0.1, 0.15) is 0 Å². The molecule has 0 aliphatic carbocycles. The van der Waals surface area contributed by atoms with Crippen LogP contribution in [0, 0.1) is 0 Å². The van der Waals surface area contributed by atoms with E-state index in [1.807, 2.05) is 0 Å². The van der Waals surface area contributed by atoms with Crippen molar-refractivity contribution in [2.45, 2.75) is 6.54 Å². The number of likely N-dealkylation sites (N-methyl/N-ethyl adjacent to an activating group) is 1. The van der Waals surface area contributed by atoms with Gasteiger partial charge in [0.25, 0.3) is 0 Å². The number of esters is 2. The first-order chi connectivity index (χ1) is 8.56. The normalized spacial score (nSPS) is 10.2. The zero-order chi connectivity index (χ0) is 13.5. The number of aromatic nitrogens is 1. The van der Waals surface area contributed by atoms with Crippen LogP contribution in [0.5, 0.6) is 0 Å². The van der Waals surface area contributed by atoms with Crippen molar-refractivity contribution in [3.05, 3.63) is 29.6 Å². The van der Waals surface area contributed by atoms with Crippen molar-refractivity contribution in [1.82, 2.24) is 9.88 Å². The van der Waals surface area contributed by atoms with Gasteiger partial charge in [0, 0.05) is 12.7 Å². The molecule has 0 saturated heterocycles. The summed E-state index contributed by atoms with van der Waals surface area (Å²) in [5.74, 6) is -0.722. The van der Waals surface area contributed by atoms with Crippen molar-refractivity contribution in [2.24, 2.45) is 0 Å². The fourth-order valence-electron chi connectivity index (χ4n) is 1.37. The average molecular weight is 252 g/mol. The largest absolute Gasteiger partial charge is 0.468 e. The van der Waals surface area contributed by atoms with Gasteiger partial charge < -0.3 is 9.47 Å². The summed E-state index contributed by atoms with van der Waals surface area (Å²) in [5.41, 5.74) is 1.16. The van der Waals surface area contributed by atoms with Gasteiger partial charge in [-0.1, -0.05) is 0 Å². The Kier molecular flexibility index (Phi) is 5.26. The van der Waals surface area contributed by atoms with Gasteiger partial charge >= 0.3 is 11.9 Å². The molecule has 0 aliphatic heterocycles. The molecule has 98 valence electrons. The molecule has 1 rings (SSSR count). The standard InChI is InChI=1S/C12H16N2O4/c1-14(8-11(15)17-2)7-10-5-4-9(6-13-10)12(16)18-3/h4-6H,7-8H2,1-3H3. The van der Waals surface area contributed by atoms with Crippen LogP contribution in [0.4, 0.5) is 0 Å². The number of nitrogens with zero attached hydrogens (tertiary/aromatic N) is 2. The molecule has 0 spiro atoms. The third-order valence-electron chi connectivity index (χ3n) is 2.30. The Bertz CT molecular complexity index is 417. The number of ether oxygens (including phenoxy) is 2. The van der Waals surface area contributed by atoms with Gasteiger partial charge in [0.15, 0.2) is 0 Å². The van der Waals surface area contributed by atoms with Gasteiger partial charge in [-0.3, -0.25) is 14.7 Å². The first-order valence-electron chi connectivity index (χ1n) is 5.35. The Balaban J connectivity index is 2.58. The van der Waals surface area contributed by atoms with E-state index >= 15 is 0 Å². The molecule has 0 fully saturated rings. The van der Waals surface area contributed by atoms with Crippen LogP contribution >= 0.6 is 0 Å². The topological polar surface area (TPSA) is 68.7 Å². The summed E-state index contributed by atoms with van der Waals surface area (Å²) in [6, 6.07) is 3.36. The highest BCUT2D eigenvalue weighted by Crippen LogP contribution is 2.04. The molecule has 0 atom stereocenters. The zero-order valence-corrected chi connectivity index (χ0v) is 10.7. The molecule has 6 heteroatoms. The van der Waals surface area contributed by atoms with Crippen LogP contribution in [0.25, 0.3) is 0 Å². The summed E-state index contributed by atoms with van der Waals surface area (Å²) < 4.78 is 9.14. The maximum absolute atomic E-state index is 11.2. The summed E-state index contributed by atoms with van der Waals surface area (Å²) in [4.78, 5) is 28.1. The van der Waals surface area contributed by atoms with Gasteiger partial charge in [0.2, 0.25) is 0 Å². The van der Waals surface area contributed by atoms with Crippen LogP contribution in [0.1, 0.15) is 16.1 Å². The number of carbonyl (C=O) groups is 2. The second kappa shape index (κ2) is 6.70. The second-order valence-electron chi connectivity index (χ2n) is 3.78. The van der Waals surface area contributed by atoms with Crippen molar-refractivity contribution < 1.29 is 19.1 Å². The zero-order valence-electron chi connectivity index (χ0n) is 10.7. The van der Waals surface area contributed by atoms with Crippen LogP contribution in [-0.2, 0) is 20.8 Å². The SMILES string of the molecule is COC(=O)CN(C)Cc1ccc(C(=O)OC)cn1. The number of pyridine rings is 1. The molecule has 0 bridgehead atoms. The number of hydrogen-bond acceptors (Lipinski definition) is 6. The van der Waals surface area contributed by atoms with E-state index < -0.39 is 5.97 Å². The molecular weight excluding hydrogens is 236 g/mol. The lowest BCUT2D eigenvalue weighted by Gasteiger charge is -2.14. The minimum absolute atomic E-state index is 0.191. The van der Waals surface area contributed by atoms with Crippen molar-refractivity contribution >= 4 is 11.9 Å². The maximum Gasteiger partial charge on any atom is 0.339 e. The summed E-state index contributed by atoms with van der Waals surface area (Å²) in [7, 11) is 4.45. The van der Waals surface area contributed by atoms with Crippen LogP contribution < -0.4 is 0 Å². The molecule has 1 heterocycles. The Morgan fingerprint density at radius 2 is 2.00 bits per heavy atom. The van der Waals surface area contributed by atoms with Crippen LogP contribution in [0.2, 0.25) is 0 Å². The third-order valence-corrected chi connectivity index (χ3v) is 2.30. The van der Waals surface area contributed by atoms with E-state index in [1.54, 1.807) is 24.1 Å². The Morgan fingerprint density at radius 1 is 1.28 bits per heavy atom. The first-order valence-corrected chi connectivity index (χ1v) is 5.35. The molecule has 0 amide bonds. The monoisotopic (exact) mass is 252 g/mol. The molecule has 6 nitrogen and oxygen atoms in total.